The van der Waals surface area contributed by atoms with Gasteiger partial charge in [-0.2, -0.15) is 0 Å². The summed E-state index contributed by atoms with van der Waals surface area (Å²) in [5.41, 5.74) is 8.55. The summed E-state index contributed by atoms with van der Waals surface area (Å²) >= 11 is 0. The number of nitrogens with two attached hydrogens (primary N) is 1. The van der Waals surface area contributed by atoms with Gasteiger partial charge in [-0.05, 0) is 43.9 Å². The molecule has 0 radical (unpaired) electrons. The predicted molar refractivity (Wildman–Crippen MR) is 74.8 cm³/mol. The highest BCUT2D eigenvalue weighted by atomic mass is 19.1. The number of nitrogens with zero attached hydrogens (tertiary/aromatic N) is 2. The zero-order valence-electron chi connectivity index (χ0n) is 11.1. The molecule has 0 atom stereocenters. The van der Waals surface area contributed by atoms with Crippen LogP contribution >= 0.6 is 0 Å². The molecule has 1 aromatic carbocycles. The van der Waals surface area contributed by atoms with E-state index in [-0.39, 0.29) is 5.75 Å². The van der Waals surface area contributed by atoms with E-state index in [4.69, 9.17) is 5.73 Å². The summed E-state index contributed by atoms with van der Waals surface area (Å²) in [5, 5.41) is 9.23. The molecule has 0 aliphatic heterocycles. The van der Waals surface area contributed by atoms with Crippen LogP contribution in [0.3, 0.4) is 0 Å². The second-order valence-corrected chi connectivity index (χ2v) is 5.08. The highest BCUT2D eigenvalue weighted by molar-refractivity contribution is 5.60. The zero-order valence-corrected chi connectivity index (χ0v) is 11.1. The van der Waals surface area contributed by atoms with Gasteiger partial charge in [-0.25, -0.2) is 14.4 Å². The third kappa shape index (κ3) is 2.31. The number of anilines is 1. The van der Waals surface area contributed by atoms with Gasteiger partial charge in [0.25, 0.3) is 0 Å². The Morgan fingerprint density at radius 2 is 1.90 bits per heavy atom. The molecule has 1 heterocycles. The first-order chi connectivity index (χ1) is 9.65. The van der Waals surface area contributed by atoms with Crippen molar-refractivity contribution in [3.63, 3.8) is 0 Å². The van der Waals surface area contributed by atoms with Gasteiger partial charge < -0.3 is 10.8 Å². The van der Waals surface area contributed by atoms with Gasteiger partial charge in [0.2, 0.25) is 0 Å². The number of phenols is 1. The van der Waals surface area contributed by atoms with E-state index < -0.39 is 5.82 Å². The summed E-state index contributed by atoms with van der Waals surface area (Å²) in [6.45, 7) is 0. The Hall–Kier alpha value is -2.17. The molecule has 1 aliphatic carbocycles. The van der Waals surface area contributed by atoms with Gasteiger partial charge in [0, 0.05) is 16.8 Å². The Morgan fingerprint density at radius 1 is 1.10 bits per heavy atom. The smallest absolute Gasteiger partial charge is 0.165 e. The Balaban J connectivity index is 2.08. The number of phenolic OH excluding ortho intramolecular Hbond substituents is 1. The van der Waals surface area contributed by atoms with Crippen LogP contribution in [0.4, 0.5) is 10.2 Å². The topological polar surface area (TPSA) is 72.0 Å². The molecule has 0 fully saturated rings. The minimum Gasteiger partial charge on any atom is -0.505 e. The minimum absolute atomic E-state index is 0.378. The number of aromatic nitrogens is 2. The first-order valence-corrected chi connectivity index (χ1v) is 6.79. The summed E-state index contributed by atoms with van der Waals surface area (Å²) < 4.78 is 13.4. The molecule has 3 N–H and O–H groups in total. The number of benzene rings is 1. The van der Waals surface area contributed by atoms with Crippen LogP contribution in [0.5, 0.6) is 5.75 Å². The fourth-order valence-electron chi connectivity index (χ4n) is 2.57. The molecule has 0 bridgehead atoms. The van der Waals surface area contributed by atoms with Crippen molar-refractivity contribution in [1.82, 2.24) is 9.97 Å². The van der Waals surface area contributed by atoms with Crippen molar-refractivity contribution in [2.75, 3.05) is 5.73 Å². The number of nitrogen functional groups attached to an aromatic ring is 1. The normalized spacial score (nSPS) is 14.7. The Bertz CT molecular complexity index is 658. The maximum Gasteiger partial charge on any atom is 0.165 e. The number of halogens is 1. The van der Waals surface area contributed by atoms with Crippen molar-refractivity contribution >= 4 is 5.82 Å². The average molecular weight is 273 g/mol. The summed E-state index contributed by atoms with van der Waals surface area (Å²) in [4.78, 5) is 8.82. The summed E-state index contributed by atoms with van der Waals surface area (Å²) in [6.07, 6.45) is 5.15. The van der Waals surface area contributed by atoms with Gasteiger partial charge in [0.15, 0.2) is 17.4 Å². The number of hydrogen-bond donors (Lipinski definition) is 2. The molecular weight excluding hydrogens is 257 g/mol. The zero-order chi connectivity index (χ0) is 14.1. The lowest BCUT2D eigenvalue weighted by atomic mass is 10.1. The molecule has 5 heteroatoms. The molecule has 3 rings (SSSR count). The van der Waals surface area contributed by atoms with E-state index in [1.54, 1.807) is 6.07 Å². The van der Waals surface area contributed by atoms with Gasteiger partial charge in [-0.1, -0.05) is 6.42 Å². The van der Waals surface area contributed by atoms with Crippen LogP contribution in [0.15, 0.2) is 18.2 Å². The van der Waals surface area contributed by atoms with Gasteiger partial charge in [-0.15, -0.1) is 0 Å². The van der Waals surface area contributed by atoms with Crippen molar-refractivity contribution in [2.45, 2.75) is 32.1 Å². The number of fused-ring (bicyclic) bond motifs is 1. The number of aryl methyl sites for hydroxylation is 1. The summed E-state index contributed by atoms with van der Waals surface area (Å²) in [6, 6.07) is 4.12. The molecule has 104 valence electrons. The third-order valence-electron chi connectivity index (χ3n) is 3.67. The van der Waals surface area contributed by atoms with Crippen LogP contribution in [-0.4, -0.2) is 15.1 Å². The van der Waals surface area contributed by atoms with Crippen LogP contribution in [0.25, 0.3) is 11.4 Å². The predicted octanol–water partition coefficient (Wildman–Crippen LogP) is 2.84. The van der Waals surface area contributed by atoms with E-state index in [0.717, 1.165) is 36.9 Å². The quantitative estimate of drug-likeness (QED) is 0.784. The monoisotopic (exact) mass is 273 g/mol. The fourth-order valence-corrected chi connectivity index (χ4v) is 2.57. The number of hydrogen-bond acceptors (Lipinski definition) is 4. The highest BCUT2D eigenvalue weighted by Crippen LogP contribution is 2.28. The highest BCUT2D eigenvalue weighted by Gasteiger charge is 2.16. The molecule has 0 unspecified atom stereocenters. The minimum atomic E-state index is -0.681. The number of rotatable bonds is 1. The van der Waals surface area contributed by atoms with E-state index >= 15 is 0 Å². The molecule has 20 heavy (non-hydrogen) atoms. The second-order valence-electron chi connectivity index (χ2n) is 5.08. The van der Waals surface area contributed by atoms with E-state index in [0.29, 0.717) is 17.2 Å². The molecule has 0 saturated heterocycles. The fraction of sp³-hybridized carbons (Fsp3) is 0.333. The van der Waals surface area contributed by atoms with Crippen molar-refractivity contribution in [3.05, 3.63) is 35.3 Å². The number of aromatic hydroxyl groups is 1. The lowest BCUT2D eigenvalue weighted by Gasteiger charge is -2.10. The van der Waals surface area contributed by atoms with Gasteiger partial charge in [-0.3, -0.25) is 0 Å². The SMILES string of the molecule is Nc1nc(-c2ccc(O)c(F)c2)nc2c1CCCCC2. The van der Waals surface area contributed by atoms with E-state index in [1.165, 1.54) is 18.6 Å². The molecular formula is C15H16FN3O. The van der Waals surface area contributed by atoms with Crippen LogP contribution in [0.2, 0.25) is 0 Å². The van der Waals surface area contributed by atoms with Crippen molar-refractivity contribution in [2.24, 2.45) is 0 Å². The third-order valence-corrected chi connectivity index (χ3v) is 3.67. The van der Waals surface area contributed by atoms with Gasteiger partial charge in [0.05, 0.1) is 0 Å². The lowest BCUT2D eigenvalue weighted by molar-refractivity contribution is 0.432. The summed E-state index contributed by atoms with van der Waals surface area (Å²) in [7, 11) is 0. The Kier molecular flexibility index (Phi) is 3.26. The van der Waals surface area contributed by atoms with Crippen molar-refractivity contribution in [3.8, 4) is 17.1 Å². The second kappa shape index (κ2) is 5.07. The van der Waals surface area contributed by atoms with Gasteiger partial charge >= 0.3 is 0 Å². The summed E-state index contributed by atoms with van der Waals surface area (Å²) in [5.74, 6) is -0.154. The maximum atomic E-state index is 13.4. The Morgan fingerprint density at radius 3 is 2.70 bits per heavy atom. The molecule has 0 spiro atoms. The molecule has 2 aromatic rings. The molecule has 1 aromatic heterocycles. The maximum absolute atomic E-state index is 13.4. The largest absolute Gasteiger partial charge is 0.505 e. The van der Waals surface area contributed by atoms with Crippen LogP contribution in [0.1, 0.15) is 30.5 Å². The Labute approximate surface area is 116 Å². The molecule has 0 saturated carbocycles. The van der Waals surface area contributed by atoms with E-state index in [2.05, 4.69) is 9.97 Å². The van der Waals surface area contributed by atoms with E-state index in [1.807, 2.05) is 0 Å². The molecule has 0 amide bonds. The molecule has 1 aliphatic rings. The van der Waals surface area contributed by atoms with Crippen molar-refractivity contribution in [1.29, 1.82) is 0 Å². The standard InChI is InChI=1S/C15H16FN3O/c16-11-8-9(6-7-13(11)20)15-18-12-5-3-1-2-4-10(12)14(17)19-15/h6-8,20H,1-5H2,(H2,17,18,19). The van der Waals surface area contributed by atoms with Crippen LogP contribution < -0.4 is 5.73 Å². The van der Waals surface area contributed by atoms with Crippen LogP contribution in [0, 0.1) is 5.82 Å². The average Bonchev–Trinajstić information content (AvgIpc) is 2.67. The first kappa shape index (κ1) is 12.8. The lowest BCUT2D eigenvalue weighted by Crippen LogP contribution is -2.06. The van der Waals surface area contributed by atoms with Crippen LogP contribution in [-0.2, 0) is 12.8 Å². The van der Waals surface area contributed by atoms with Gasteiger partial charge in [0.1, 0.15) is 5.82 Å². The van der Waals surface area contributed by atoms with E-state index in [9.17, 15) is 9.50 Å². The molecule has 4 nitrogen and oxygen atoms in total. The first-order valence-electron chi connectivity index (χ1n) is 6.79. The van der Waals surface area contributed by atoms with Crippen molar-refractivity contribution < 1.29 is 9.50 Å².